The van der Waals surface area contributed by atoms with Crippen molar-refractivity contribution in [1.82, 2.24) is 9.62 Å². The smallest absolute Gasteiger partial charge is 0.261 e. The number of piperidine rings is 1. The van der Waals surface area contributed by atoms with Crippen LogP contribution in [0, 0.1) is 13.8 Å². The third-order valence-electron chi connectivity index (χ3n) is 6.49. The molecule has 0 saturated carbocycles. The highest BCUT2D eigenvalue weighted by atomic mass is 32.2. The Bertz CT molecular complexity index is 1510. The summed E-state index contributed by atoms with van der Waals surface area (Å²) < 4.78 is 60.7. The minimum Gasteiger partial charge on any atom is -0.484 e. The zero-order valence-corrected chi connectivity index (χ0v) is 23.6. The lowest BCUT2D eigenvalue weighted by molar-refractivity contribution is -0.123. The van der Waals surface area contributed by atoms with Crippen molar-refractivity contribution in [2.24, 2.45) is 0 Å². The summed E-state index contributed by atoms with van der Waals surface area (Å²) >= 11 is 0. The van der Waals surface area contributed by atoms with Gasteiger partial charge in [0.25, 0.3) is 15.9 Å². The van der Waals surface area contributed by atoms with Crippen molar-refractivity contribution >= 4 is 31.6 Å². The minimum absolute atomic E-state index is 0.0862. The predicted octanol–water partition coefficient (Wildman–Crippen LogP) is 3.97. The Morgan fingerprint density at radius 1 is 0.846 bits per heavy atom. The van der Waals surface area contributed by atoms with Crippen LogP contribution in [-0.2, 0) is 31.4 Å². The first-order valence-electron chi connectivity index (χ1n) is 12.7. The van der Waals surface area contributed by atoms with E-state index in [1.807, 2.05) is 19.1 Å². The van der Waals surface area contributed by atoms with Gasteiger partial charge in [-0.25, -0.2) is 16.8 Å². The first-order valence-corrected chi connectivity index (χ1v) is 15.7. The summed E-state index contributed by atoms with van der Waals surface area (Å²) in [4.78, 5) is 12.7. The van der Waals surface area contributed by atoms with Gasteiger partial charge in [-0.2, -0.15) is 4.31 Å². The Labute approximate surface area is 230 Å². The number of nitrogens with zero attached hydrogens (tertiary/aromatic N) is 1. The molecule has 11 heteroatoms. The van der Waals surface area contributed by atoms with Crippen molar-refractivity contribution in [3.05, 3.63) is 83.4 Å². The van der Waals surface area contributed by atoms with Gasteiger partial charge in [-0.15, -0.1) is 0 Å². The topological polar surface area (TPSA) is 122 Å². The summed E-state index contributed by atoms with van der Waals surface area (Å²) in [6.45, 7) is 4.68. The Morgan fingerprint density at radius 3 is 2.13 bits per heavy atom. The molecule has 0 atom stereocenters. The average molecular weight is 572 g/mol. The van der Waals surface area contributed by atoms with E-state index in [1.165, 1.54) is 22.5 Å². The van der Waals surface area contributed by atoms with Gasteiger partial charge in [0.1, 0.15) is 5.75 Å². The molecule has 1 amide bonds. The molecule has 0 unspecified atom stereocenters. The highest BCUT2D eigenvalue weighted by molar-refractivity contribution is 7.92. The molecule has 1 heterocycles. The fourth-order valence-electron chi connectivity index (χ4n) is 4.22. The van der Waals surface area contributed by atoms with Crippen LogP contribution >= 0.6 is 0 Å². The average Bonchev–Trinajstić information content (AvgIpc) is 2.93. The normalized spacial score (nSPS) is 14.5. The van der Waals surface area contributed by atoms with Gasteiger partial charge < -0.3 is 10.1 Å². The molecule has 9 nitrogen and oxygen atoms in total. The maximum Gasteiger partial charge on any atom is 0.261 e. The molecule has 0 aromatic heterocycles. The second-order valence-electron chi connectivity index (χ2n) is 9.57. The summed E-state index contributed by atoms with van der Waals surface area (Å²) in [5.41, 5.74) is 2.82. The molecule has 1 aliphatic rings. The van der Waals surface area contributed by atoms with Gasteiger partial charge in [-0.05, 0) is 80.3 Å². The third kappa shape index (κ3) is 7.37. The number of carbonyl (C=O) groups is 1. The molecule has 39 heavy (non-hydrogen) atoms. The van der Waals surface area contributed by atoms with Crippen molar-refractivity contribution in [2.75, 3.05) is 24.4 Å². The Kier molecular flexibility index (Phi) is 8.94. The molecule has 0 aliphatic carbocycles. The van der Waals surface area contributed by atoms with Crippen molar-refractivity contribution in [1.29, 1.82) is 0 Å². The van der Waals surface area contributed by atoms with Gasteiger partial charge in [0.15, 0.2) is 6.61 Å². The molecule has 1 saturated heterocycles. The maximum atomic E-state index is 12.8. The first-order chi connectivity index (χ1) is 18.5. The Balaban J connectivity index is 1.28. The second kappa shape index (κ2) is 12.2. The van der Waals surface area contributed by atoms with E-state index in [0.29, 0.717) is 30.1 Å². The molecule has 3 aromatic rings. The number of aryl methyl sites for hydroxylation is 2. The first kappa shape index (κ1) is 28.6. The zero-order valence-electron chi connectivity index (χ0n) is 22.0. The standard InChI is InChI=1S/C28H33N3O6S2/c1-21-6-10-24(11-7-21)30-38(33,34)26-14-15-27(22(2)18-26)37-20-28(32)29-19-23-8-12-25(13-9-23)39(35,36)31-16-4-3-5-17-31/h6-15,18,30H,3-5,16-17,19-20H2,1-2H3,(H,29,32). The molecular weight excluding hydrogens is 538 g/mol. The van der Waals surface area contributed by atoms with E-state index >= 15 is 0 Å². The van der Waals surface area contributed by atoms with Crippen molar-refractivity contribution < 1.29 is 26.4 Å². The number of nitrogens with one attached hydrogen (secondary N) is 2. The van der Waals surface area contributed by atoms with E-state index in [-0.39, 0.29) is 28.8 Å². The van der Waals surface area contributed by atoms with Crippen LogP contribution < -0.4 is 14.8 Å². The lowest BCUT2D eigenvalue weighted by Crippen LogP contribution is -2.35. The Morgan fingerprint density at radius 2 is 1.49 bits per heavy atom. The van der Waals surface area contributed by atoms with Crippen molar-refractivity contribution in [3.63, 3.8) is 0 Å². The summed E-state index contributed by atoms with van der Waals surface area (Å²) in [5, 5.41) is 2.75. The largest absolute Gasteiger partial charge is 0.484 e. The van der Waals surface area contributed by atoms with Gasteiger partial charge in [0.2, 0.25) is 10.0 Å². The van der Waals surface area contributed by atoms with E-state index in [1.54, 1.807) is 43.3 Å². The number of sulfonamides is 2. The van der Waals surface area contributed by atoms with Crippen LogP contribution in [0.4, 0.5) is 5.69 Å². The van der Waals surface area contributed by atoms with Crippen LogP contribution in [0.1, 0.15) is 36.0 Å². The summed E-state index contributed by atoms with van der Waals surface area (Å²) in [6, 6.07) is 18.0. The van der Waals surface area contributed by atoms with E-state index in [9.17, 15) is 21.6 Å². The van der Waals surface area contributed by atoms with Crippen LogP contribution in [-0.4, -0.2) is 46.7 Å². The monoisotopic (exact) mass is 571 g/mol. The van der Waals surface area contributed by atoms with Gasteiger partial charge >= 0.3 is 0 Å². The number of amides is 1. The van der Waals surface area contributed by atoms with Gasteiger partial charge in [-0.1, -0.05) is 36.2 Å². The van der Waals surface area contributed by atoms with Crippen LogP contribution in [0.2, 0.25) is 0 Å². The molecule has 1 fully saturated rings. The van der Waals surface area contributed by atoms with E-state index < -0.39 is 20.0 Å². The van der Waals surface area contributed by atoms with Crippen LogP contribution in [0.5, 0.6) is 5.75 Å². The number of anilines is 1. The molecular formula is C28H33N3O6S2. The van der Waals surface area contributed by atoms with Crippen LogP contribution in [0.15, 0.2) is 76.5 Å². The summed E-state index contributed by atoms with van der Waals surface area (Å²) in [5.74, 6) is 0.0314. The summed E-state index contributed by atoms with van der Waals surface area (Å²) in [7, 11) is -7.28. The number of hydrogen-bond acceptors (Lipinski definition) is 6. The third-order valence-corrected chi connectivity index (χ3v) is 9.78. The number of benzene rings is 3. The second-order valence-corrected chi connectivity index (χ2v) is 13.2. The lowest BCUT2D eigenvalue weighted by Gasteiger charge is -2.25. The summed E-state index contributed by atoms with van der Waals surface area (Å²) in [6.07, 6.45) is 2.80. The molecule has 1 aliphatic heterocycles. The fourth-order valence-corrected chi connectivity index (χ4v) is 6.88. The highest BCUT2D eigenvalue weighted by Gasteiger charge is 2.25. The number of rotatable bonds is 10. The van der Waals surface area contributed by atoms with E-state index in [4.69, 9.17) is 4.74 Å². The highest BCUT2D eigenvalue weighted by Crippen LogP contribution is 2.24. The lowest BCUT2D eigenvalue weighted by atomic mass is 10.2. The molecule has 208 valence electrons. The number of carbonyl (C=O) groups excluding carboxylic acids is 1. The molecule has 0 radical (unpaired) electrons. The predicted molar refractivity (Wildman–Crippen MR) is 150 cm³/mol. The van der Waals surface area contributed by atoms with Crippen molar-refractivity contribution in [3.8, 4) is 5.75 Å². The molecule has 2 N–H and O–H groups in total. The van der Waals surface area contributed by atoms with Gasteiger partial charge in [0, 0.05) is 25.3 Å². The SMILES string of the molecule is Cc1ccc(NS(=O)(=O)c2ccc(OCC(=O)NCc3ccc(S(=O)(=O)N4CCCCC4)cc3)c(C)c2)cc1. The van der Waals surface area contributed by atoms with Gasteiger partial charge in [-0.3, -0.25) is 9.52 Å². The molecule has 0 bridgehead atoms. The van der Waals surface area contributed by atoms with Crippen LogP contribution in [0.25, 0.3) is 0 Å². The molecule has 4 rings (SSSR count). The Hall–Kier alpha value is -3.41. The molecule has 3 aromatic carbocycles. The quantitative estimate of drug-likeness (QED) is 0.380. The fraction of sp³-hybridized carbons (Fsp3) is 0.321. The van der Waals surface area contributed by atoms with Crippen molar-refractivity contribution in [2.45, 2.75) is 49.4 Å². The molecule has 0 spiro atoms. The number of hydrogen-bond donors (Lipinski definition) is 2. The van der Waals surface area contributed by atoms with Crippen LogP contribution in [0.3, 0.4) is 0 Å². The maximum absolute atomic E-state index is 12.8. The zero-order chi connectivity index (χ0) is 28.0. The number of ether oxygens (including phenoxy) is 1. The van der Waals surface area contributed by atoms with E-state index in [0.717, 1.165) is 30.4 Å². The van der Waals surface area contributed by atoms with Gasteiger partial charge in [0.05, 0.1) is 9.79 Å². The van der Waals surface area contributed by atoms with E-state index in [2.05, 4.69) is 10.0 Å². The minimum atomic E-state index is -3.78.